The van der Waals surface area contributed by atoms with E-state index in [2.05, 4.69) is 22.2 Å². The van der Waals surface area contributed by atoms with Gasteiger partial charge in [-0.1, -0.05) is 6.07 Å². The molecule has 18 heavy (non-hydrogen) atoms. The normalized spacial score (nSPS) is 14.2. The molecule has 0 aliphatic carbocycles. The Balaban J connectivity index is 2.57. The Labute approximate surface area is 111 Å². The highest BCUT2D eigenvalue weighted by molar-refractivity contribution is 7.77. The van der Waals surface area contributed by atoms with E-state index in [1.54, 1.807) is 0 Å². The summed E-state index contributed by atoms with van der Waals surface area (Å²) in [5.41, 5.74) is 8.96. The Morgan fingerprint density at radius 1 is 1.50 bits per heavy atom. The summed E-state index contributed by atoms with van der Waals surface area (Å²) in [5, 5.41) is 3.24. The lowest BCUT2D eigenvalue weighted by Gasteiger charge is -2.18. The molecule has 102 valence electrons. The quantitative estimate of drug-likeness (QED) is 0.636. The second-order valence-corrected chi connectivity index (χ2v) is 5.07. The molecule has 0 radical (unpaired) electrons. The Morgan fingerprint density at radius 2 is 2.22 bits per heavy atom. The topological polar surface area (TPSA) is 90.2 Å². The van der Waals surface area contributed by atoms with Gasteiger partial charge < -0.3 is 15.6 Å². The van der Waals surface area contributed by atoms with Gasteiger partial charge >= 0.3 is 0 Å². The van der Waals surface area contributed by atoms with Crippen LogP contribution in [0.2, 0.25) is 0 Å². The fraction of sp³-hybridized carbons (Fsp3) is 0.500. The molecule has 1 rings (SSSR count). The fourth-order valence-electron chi connectivity index (χ4n) is 1.75. The molecule has 2 unspecified atom stereocenters. The SMILES string of the molecule is Cc1cc(NC(C)CNS(=O)[O-])ccc1CCN. The largest absolute Gasteiger partial charge is 0.760 e. The highest BCUT2D eigenvalue weighted by atomic mass is 32.2. The summed E-state index contributed by atoms with van der Waals surface area (Å²) in [4.78, 5) is 0. The third-order valence-corrected chi connectivity index (χ3v) is 3.08. The van der Waals surface area contributed by atoms with Crippen molar-refractivity contribution >= 4 is 17.0 Å². The Bertz CT molecular complexity index is 412. The molecule has 5 nitrogen and oxygen atoms in total. The van der Waals surface area contributed by atoms with E-state index in [9.17, 15) is 8.76 Å². The average molecular weight is 270 g/mol. The monoisotopic (exact) mass is 270 g/mol. The summed E-state index contributed by atoms with van der Waals surface area (Å²) in [7, 11) is 0. The van der Waals surface area contributed by atoms with Gasteiger partial charge in [0.2, 0.25) is 0 Å². The van der Waals surface area contributed by atoms with Crippen molar-refractivity contribution in [3.8, 4) is 0 Å². The molecule has 0 saturated carbocycles. The summed E-state index contributed by atoms with van der Waals surface area (Å²) in [6, 6.07) is 6.12. The van der Waals surface area contributed by atoms with Crippen LogP contribution in [0.5, 0.6) is 0 Å². The van der Waals surface area contributed by atoms with E-state index in [1.807, 2.05) is 19.9 Å². The maximum absolute atomic E-state index is 10.4. The number of hydrogen-bond acceptors (Lipinski definition) is 4. The van der Waals surface area contributed by atoms with E-state index in [0.29, 0.717) is 13.1 Å². The number of anilines is 1. The first-order valence-electron chi connectivity index (χ1n) is 5.92. The number of nitrogens with one attached hydrogen (secondary N) is 2. The summed E-state index contributed by atoms with van der Waals surface area (Å²) in [6.07, 6.45) is 0.873. The molecule has 0 heterocycles. The Hall–Kier alpha value is -0.950. The number of benzene rings is 1. The number of aryl methyl sites for hydroxylation is 1. The minimum Gasteiger partial charge on any atom is -0.760 e. The lowest BCUT2D eigenvalue weighted by molar-refractivity contribution is 0.520. The van der Waals surface area contributed by atoms with Gasteiger partial charge in [0, 0.05) is 29.5 Å². The molecule has 0 aliphatic heterocycles. The average Bonchev–Trinajstić information content (AvgIpc) is 2.30. The van der Waals surface area contributed by atoms with Gasteiger partial charge in [0.25, 0.3) is 0 Å². The van der Waals surface area contributed by atoms with Gasteiger partial charge in [0.15, 0.2) is 0 Å². The molecule has 0 amide bonds. The fourth-order valence-corrected chi connectivity index (χ4v) is 2.14. The van der Waals surface area contributed by atoms with E-state index >= 15 is 0 Å². The van der Waals surface area contributed by atoms with Crippen molar-refractivity contribution in [3.05, 3.63) is 29.3 Å². The van der Waals surface area contributed by atoms with Crippen LogP contribution in [0.4, 0.5) is 5.69 Å². The van der Waals surface area contributed by atoms with Gasteiger partial charge in [-0.2, -0.15) is 0 Å². The molecule has 4 N–H and O–H groups in total. The van der Waals surface area contributed by atoms with Crippen LogP contribution < -0.4 is 15.8 Å². The zero-order valence-electron chi connectivity index (χ0n) is 10.7. The maximum Gasteiger partial charge on any atom is 0.0367 e. The Morgan fingerprint density at radius 3 is 2.78 bits per heavy atom. The predicted molar refractivity (Wildman–Crippen MR) is 73.9 cm³/mol. The van der Waals surface area contributed by atoms with Crippen LogP contribution >= 0.6 is 0 Å². The zero-order valence-corrected chi connectivity index (χ0v) is 11.5. The Kier molecular flexibility index (Phi) is 6.28. The van der Waals surface area contributed by atoms with Crippen molar-refractivity contribution in [2.45, 2.75) is 26.3 Å². The smallest absolute Gasteiger partial charge is 0.0367 e. The minimum absolute atomic E-state index is 0.0302. The third kappa shape index (κ3) is 5.14. The number of nitrogens with two attached hydrogens (primary N) is 1. The second kappa shape index (κ2) is 7.48. The molecule has 6 heteroatoms. The van der Waals surface area contributed by atoms with E-state index in [0.717, 1.165) is 12.1 Å². The number of rotatable bonds is 7. The van der Waals surface area contributed by atoms with Crippen molar-refractivity contribution in [1.29, 1.82) is 0 Å². The lowest BCUT2D eigenvalue weighted by atomic mass is 10.0. The van der Waals surface area contributed by atoms with Crippen LogP contribution in [0.3, 0.4) is 0 Å². The van der Waals surface area contributed by atoms with Gasteiger partial charge in [-0.3, -0.25) is 4.21 Å². The van der Waals surface area contributed by atoms with Crippen LogP contribution in [-0.2, 0) is 17.7 Å². The molecule has 0 bridgehead atoms. The molecule has 0 spiro atoms. The van der Waals surface area contributed by atoms with Gasteiger partial charge in [-0.25, -0.2) is 4.72 Å². The molecule has 2 atom stereocenters. The molecule has 0 aliphatic rings. The summed E-state index contributed by atoms with van der Waals surface area (Å²) < 4.78 is 23.1. The molecule has 1 aromatic rings. The summed E-state index contributed by atoms with van der Waals surface area (Å²) in [5.74, 6) is 0. The molecular formula is C12H20N3O2S-. The highest BCUT2D eigenvalue weighted by Gasteiger charge is 2.03. The molecular weight excluding hydrogens is 250 g/mol. The number of hydrogen-bond donors (Lipinski definition) is 3. The van der Waals surface area contributed by atoms with Crippen molar-refractivity contribution in [2.75, 3.05) is 18.4 Å². The van der Waals surface area contributed by atoms with E-state index in [-0.39, 0.29) is 6.04 Å². The second-order valence-electron chi connectivity index (χ2n) is 4.31. The van der Waals surface area contributed by atoms with Crippen molar-refractivity contribution < 1.29 is 8.76 Å². The van der Waals surface area contributed by atoms with Crippen LogP contribution in [0.15, 0.2) is 18.2 Å². The predicted octanol–water partition coefficient (Wildman–Crippen LogP) is 0.680. The lowest BCUT2D eigenvalue weighted by Crippen LogP contribution is -2.31. The maximum atomic E-state index is 10.4. The molecule has 0 saturated heterocycles. The first-order valence-corrected chi connectivity index (χ1v) is 6.99. The van der Waals surface area contributed by atoms with Crippen molar-refractivity contribution in [3.63, 3.8) is 0 Å². The molecule has 0 aromatic heterocycles. The molecule has 0 fully saturated rings. The molecule has 1 aromatic carbocycles. The van der Waals surface area contributed by atoms with Crippen LogP contribution in [0, 0.1) is 6.92 Å². The first kappa shape index (κ1) is 15.1. The van der Waals surface area contributed by atoms with E-state index in [4.69, 9.17) is 5.73 Å². The van der Waals surface area contributed by atoms with Crippen LogP contribution in [0.1, 0.15) is 18.1 Å². The zero-order chi connectivity index (χ0) is 13.5. The van der Waals surface area contributed by atoms with Crippen molar-refractivity contribution in [1.82, 2.24) is 4.72 Å². The first-order chi connectivity index (χ1) is 8.52. The van der Waals surface area contributed by atoms with Gasteiger partial charge in [0.1, 0.15) is 0 Å². The van der Waals surface area contributed by atoms with Gasteiger partial charge in [0.05, 0.1) is 0 Å². The van der Waals surface area contributed by atoms with Gasteiger partial charge in [-0.15, -0.1) is 0 Å². The summed E-state index contributed by atoms with van der Waals surface area (Å²) >= 11 is -2.21. The third-order valence-electron chi connectivity index (χ3n) is 2.68. The standard InChI is InChI=1S/C12H21N3O2S/c1-9-7-12(4-3-11(9)5-6-13)15-10(2)8-14-18(16)17/h3-4,7,10,14-15H,5-6,8,13H2,1-2H3,(H,16,17)/p-1. The summed E-state index contributed by atoms with van der Waals surface area (Å²) in [6.45, 7) is 4.97. The van der Waals surface area contributed by atoms with Crippen LogP contribution in [0.25, 0.3) is 0 Å². The minimum atomic E-state index is -2.21. The highest BCUT2D eigenvalue weighted by Crippen LogP contribution is 2.16. The van der Waals surface area contributed by atoms with E-state index in [1.165, 1.54) is 11.1 Å². The van der Waals surface area contributed by atoms with E-state index < -0.39 is 11.3 Å². The van der Waals surface area contributed by atoms with Crippen molar-refractivity contribution in [2.24, 2.45) is 5.73 Å². The van der Waals surface area contributed by atoms with Crippen LogP contribution in [-0.4, -0.2) is 27.9 Å². The van der Waals surface area contributed by atoms with Gasteiger partial charge in [-0.05, 0) is 50.1 Å².